The van der Waals surface area contributed by atoms with Crippen LogP contribution < -0.4 is 15.2 Å². The third kappa shape index (κ3) is 7.83. The smallest absolute Gasteiger partial charge is 0.419 e. The second-order valence-electron chi connectivity index (χ2n) is 10.2. The highest BCUT2D eigenvalue weighted by atomic mass is 35.5. The summed E-state index contributed by atoms with van der Waals surface area (Å²) in [5, 5.41) is 35.4. The Morgan fingerprint density at radius 2 is 1.78 bits per heavy atom. The van der Waals surface area contributed by atoms with Crippen LogP contribution in [-0.4, -0.2) is 62.4 Å². The van der Waals surface area contributed by atoms with Gasteiger partial charge in [-0.05, 0) is 56.2 Å². The number of aliphatic carboxylic acids is 1. The van der Waals surface area contributed by atoms with Gasteiger partial charge >= 0.3 is 12.1 Å². The van der Waals surface area contributed by atoms with Crippen molar-refractivity contribution < 1.29 is 47.9 Å². The first kappa shape index (κ1) is 32.5. The van der Waals surface area contributed by atoms with Gasteiger partial charge in [-0.1, -0.05) is 17.7 Å². The Kier molecular flexibility index (Phi) is 10.5. The van der Waals surface area contributed by atoms with Gasteiger partial charge in [-0.25, -0.2) is 0 Å². The van der Waals surface area contributed by atoms with Crippen LogP contribution in [0.25, 0.3) is 10.9 Å². The topological polar surface area (TPSA) is 147 Å². The number of carboxylic acids is 1. The quantitative estimate of drug-likeness (QED) is 0.231. The van der Waals surface area contributed by atoms with Crippen LogP contribution in [0.4, 0.5) is 13.2 Å². The Morgan fingerprint density at radius 1 is 1.12 bits per heavy atom. The maximum atomic E-state index is 13.5. The van der Waals surface area contributed by atoms with Crippen molar-refractivity contribution >= 4 is 28.5 Å². The molecule has 0 amide bonds. The fraction of sp³-hybridized carbons (Fsp3) is 0.464. The van der Waals surface area contributed by atoms with Gasteiger partial charge < -0.3 is 40.2 Å². The number of alkyl halides is 3. The largest absolute Gasteiger partial charge is 0.490 e. The van der Waals surface area contributed by atoms with Gasteiger partial charge in [-0.2, -0.15) is 13.2 Å². The van der Waals surface area contributed by atoms with E-state index in [0.29, 0.717) is 29.3 Å². The Hall–Kier alpha value is -3.03. The number of ether oxygens (including phenoxy) is 2. The molecule has 6 N–H and O–H groups in total. The number of aliphatic hydroxyl groups is 3. The van der Waals surface area contributed by atoms with Gasteiger partial charge in [0.05, 0.1) is 54.0 Å². The molecular weight excluding hydrogens is 569 g/mol. The van der Waals surface area contributed by atoms with Gasteiger partial charge in [0, 0.05) is 23.5 Å². The van der Waals surface area contributed by atoms with Crippen molar-refractivity contribution in [3.8, 4) is 11.5 Å². The molecule has 0 bridgehead atoms. The third-order valence-corrected chi connectivity index (χ3v) is 6.98. The molecule has 226 valence electrons. The number of rotatable bonds is 10. The van der Waals surface area contributed by atoms with Crippen LogP contribution in [0.5, 0.6) is 11.5 Å². The molecule has 2 heterocycles. The molecule has 1 aliphatic rings. The van der Waals surface area contributed by atoms with E-state index in [1.165, 1.54) is 6.07 Å². The summed E-state index contributed by atoms with van der Waals surface area (Å²) in [7, 11) is 0. The molecule has 0 aliphatic carbocycles. The Bertz CT molecular complexity index is 1350. The van der Waals surface area contributed by atoms with Gasteiger partial charge in [0.2, 0.25) is 0 Å². The standard InChI is InChI=1S/C24H23ClF3NO4.C4H11NO3/c1-13(2)33-20-6-3-14(9-18(20)24(26,27)28)12-32-16-4-5-19-17(11-16)22(25)23-15(10-21(30)31)7-8-29(19)23;5-4(1-6,2-7)3-8/h3-6,9,11,13,15H,7-8,10,12H2,1-2H3,(H,30,31);6-8H,1-3,5H2/t15-;/m1./s1. The van der Waals surface area contributed by atoms with E-state index in [4.69, 9.17) is 47.2 Å². The molecule has 1 atom stereocenters. The first-order valence-corrected chi connectivity index (χ1v) is 13.2. The molecule has 2 aromatic carbocycles. The molecule has 0 saturated heterocycles. The average Bonchev–Trinajstić information content (AvgIpc) is 3.45. The zero-order valence-corrected chi connectivity index (χ0v) is 23.4. The molecule has 0 fully saturated rings. The highest BCUT2D eigenvalue weighted by Gasteiger charge is 2.35. The van der Waals surface area contributed by atoms with Crippen LogP contribution >= 0.6 is 11.6 Å². The zero-order chi connectivity index (χ0) is 30.5. The number of aryl methyl sites for hydroxylation is 1. The number of carbonyl (C=O) groups is 1. The molecular formula is C28H34ClF3N2O7. The van der Waals surface area contributed by atoms with Gasteiger partial charge in [0.1, 0.15) is 18.1 Å². The van der Waals surface area contributed by atoms with Gasteiger partial charge in [-0.3, -0.25) is 4.79 Å². The average molecular weight is 603 g/mol. The molecule has 0 saturated carbocycles. The van der Waals surface area contributed by atoms with E-state index < -0.39 is 43.1 Å². The number of fused-ring (bicyclic) bond motifs is 3. The number of halogens is 4. The van der Waals surface area contributed by atoms with Crippen LogP contribution in [0.1, 0.15) is 49.4 Å². The lowest BCUT2D eigenvalue weighted by Crippen LogP contribution is -2.50. The first-order chi connectivity index (χ1) is 19.2. The van der Waals surface area contributed by atoms with E-state index in [1.807, 2.05) is 10.6 Å². The fourth-order valence-electron chi connectivity index (χ4n) is 4.44. The van der Waals surface area contributed by atoms with Crippen molar-refractivity contribution in [1.82, 2.24) is 4.57 Å². The van der Waals surface area contributed by atoms with Crippen LogP contribution in [0.3, 0.4) is 0 Å². The molecule has 1 aliphatic heterocycles. The minimum Gasteiger partial charge on any atom is -0.490 e. The van der Waals surface area contributed by atoms with E-state index in [-0.39, 0.29) is 30.8 Å². The van der Waals surface area contributed by atoms with E-state index in [9.17, 15) is 18.0 Å². The number of aliphatic hydroxyl groups excluding tert-OH is 3. The summed E-state index contributed by atoms with van der Waals surface area (Å²) in [4.78, 5) is 11.2. The highest BCUT2D eigenvalue weighted by Crippen LogP contribution is 2.44. The van der Waals surface area contributed by atoms with E-state index in [2.05, 4.69) is 0 Å². The number of aromatic nitrogens is 1. The second kappa shape index (κ2) is 13.3. The van der Waals surface area contributed by atoms with Crippen LogP contribution in [0.2, 0.25) is 5.02 Å². The predicted octanol–water partition coefficient (Wildman–Crippen LogP) is 4.30. The number of nitrogens with zero attached hydrogens (tertiary/aromatic N) is 1. The minimum atomic E-state index is -4.55. The normalized spacial score (nSPS) is 15.0. The summed E-state index contributed by atoms with van der Waals surface area (Å²) in [5.41, 5.74) is 5.13. The number of hydrogen-bond acceptors (Lipinski definition) is 7. The van der Waals surface area contributed by atoms with Gasteiger partial charge in [0.25, 0.3) is 0 Å². The van der Waals surface area contributed by atoms with E-state index in [0.717, 1.165) is 22.7 Å². The second-order valence-corrected chi connectivity index (χ2v) is 10.6. The lowest BCUT2D eigenvalue weighted by molar-refractivity contribution is -0.139. The summed E-state index contributed by atoms with van der Waals surface area (Å²) in [6.45, 7) is 2.74. The lowest BCUT2D eigenvalue weighted by atomic mass is 10.0. The molecule has 41 heavy (non-hydrogen) atoms. The summed E-state index contributed by atoms with van der Waals surface area (Å²) in [6, 6.07) is 9.19. The number of benzene rings is 2. The Balaban J connectivity index is 0.000000507. The predicted molar refractivity (Wildman–Crippen MR) is 146 cm³/mol. The first-order valence-electron chi connectivity index (χ1n) is 12.9. The maximum Gasteiger partial charge on any atom is 0.419 e. The molecule has 4 rings (SSSR count). The molecule has 3 aromatic rings. The molecule has 0 unspecified atom stereocenters. The third-order valence-electron chi connectivity index (χ3n) is 6.58. The van der Waals surface area contributed by atoms with Crippen LogP contribution in [-0.2, 0) is 24.1 Å². The fourth-order valence-corrected chi connectivity index (χ4v) is 4.84. The van der Waals surface area contributed by atoms with Crippen molar-refractivity contribution in [3.63, 3.8) is 0 Å². The van der Waals surface area contributed by atoms with Crippen molar-refractivity contribution in [2.75, 3.05) is 19.8 Å². The number of carboxylic acid groups (broad SMARTS) is 1. The summed E-state index contributed by atoms with van der Waals surface area (Å²) in [6.07, 6.45) is -4.21. The SMILES string of the molecule is CC(C)Oc1ccc(COc2ccc3c(c2)c(Cl)c2n3CC[C@@H]2CC(=O)O)cc1C(F)(F)F.NC(CO)(CO)CO. The summed E-state index contributed by atoms with van der Waals surface area (Å²) < 4.78 is 53.5. The monoisotopic (exact) mass is 602 g/mol. The molecule has 0 radical (unpaired) electrons. The van der Waals surface area contributed by atoms with E-state index >= 15 is 0 Å². The van der Waals surface area contributed by atoms with Gasteiger partial charge in [-0.15, -0.1) is 0 Å². The zero-order valence-electron chi connectivity index (χ0n) is 22.6. The lowest BCUT2D eigenvalue weighted by Gasteiger charge is -2.20. The molecule has 1 aromatic heterocycles. The van der Waals surface area contributed by atoms with Crippen molar-refractivity contribution in [2.24, 2.45) is 5.73 Å². The van der Waals surface area contributed by atoms with Gasteiger partial charge in [0.15, 0.2) is 0 Å². The number of hydrogen-bond donors (Lipinski definition) is 5. The highest BCUT2D eigenvalue weighted by molar-refractivity contribution is 6.36. The summed E-state index contributed by atoms with van der Waals surface area (Å²) >= 11 is 6.59. The molecule has 13 heteroatoms. The summed E-state index contributed by atoms with van der Waals surface area (Å²) in [5.74, 6) is -0.783. The van der Waals surface area contributed by atoms with Crippen molar-refractivity contribution in [3.05, 3.63) is 58.2 Å². The Morgan fingerprint density at radius 3 is 2.32 bits per heavy atom. The Labute approximate surface area is 239 Å². The molecule has 9 nitrogen and oxygen atoms in total. The maximum absolute atomic E-state index is 13.5. The van der Waals surface area contributed by atoms with Crippen LogP contribution in [0.15, 0.2) is 36.4 Å². The number of nitrogens with two attached hydrogens (primary N) is 1. The van der Waals surface area contributed by atoms with Crippen molar-refractivity contribution in [1.29, 1.82) is 0 Å². The van der Waals surface area contributed by atoms with Crippen LogP contribution in [0, 0.1) is 0 Å². The minimum absolute atomic E-state index is 0.0114. The van der Waals surface area contributed by atoms with Crippen molar-refractivity contribution in [2.45, 2.75) is 63.6 Å². The molecule has 0 spiro atoms. The van der Waals surface area contributed by atoms with E-state index in [1.54, 1.807) is 32.0 Å².